The first kappa shape index (κ1) is 45.6. The number of aromatic nitrogens is 1. The van der Waals surface area contributed by atoms with Gasteiger partial charge in [-0.15, -0.1) is 0 Å². The molecule has 0 aliphatic heterocycles. The van der Waals surface area contributed by atoms with E-state index in [1.165, 1.54) is 6.92 Å². The van der Waals surface area contributed by atoms with Gasteiger partial charge in [0.2, 0.25) is 29.5 Å². The van der Waals surface area contributed by atoms with Crippen LogP contribution in [0.5, 0.6) is 0 Å². The summed E-state index contributed by atoms with van der Waals surface area (Å²) < 4.78 is 0. The van der Waals surface area contributed by atoms with Crippen molar-refractivity contribution in [1.82, 2.24) is 31.6 Å². The fourth-order valence-electron chi connectivity index (χ4n) is 6.31. The number of fused-ring (bicyclic) bond motifs is 2. The molecule has 5 amide bonds. The number of carbonyl (C=O) groups is 6. The average Bonchev–Trinajstić information content (AvgIpc) is 3.62. The highest BCUT2D eigenvalue weighted by Crippen LogP contribution is 2.20. The molecule has 312 valence electrons. The zero-order valence-electron chi connectivity index (χ0n) is 32.0. The van der Waals surface area contributed by atoms with Crippen molar-refractivity contribution in [1.29, 1.82) is 0 Å². The molecule has 0 unspecified atom stereocenters. The van der Waals surface area contributed by atoms with Crippen LogP contribution in [0, 0.1) is 0 Å². The largest absolute Gasteiger partial charge is 0.480 e. The minimum Gasteiger partial charge on any atom is -0.480 e. The molecule has 0 fully saturated rings. The van der Waals surface area contributed by atoms with E-state index in [2.05, 4.69) is 56.8 Å². The predicted molar refractivity (Wildman–Crippen MR) is 227 cm³/mol. The summed E-state index contributed by atoms with van der Waals surface area (Å²) in [6.45, 7) is 1.54. The minimum absolute atomic E-state index is 0.0161. The molecule has 4 rings (SSSR count). The number of nitrogens with one attached hydrogen (secondary N) is 6. The number of hydrogen-bond donors (Lipinski definition) is 12. The summed E-state index contributed by atoms with van der Waals surface area (Å²) in [7, 11) is 0. The van der Waals surface area contributed by atoms with Crippen LogP contribution >= 0.6 is 25.3 Å². The molecule has 0 bridgehead atoms. The third-order valence-electron chi connectivity index (χ3n) is 9.59. The van der Waals surface area contributed by atoms with Crippen molar-refractivity contribution in [2.45, 2.75) is 81.4 Å². The smallest absolute Gasteiger partial charge is 0.327 e. The van der Waals surface area contributed by atoms with Crippen molar-refractivity contribution in [2.75, 3.05) is 18.1 Å². The number of thiol groups is 2. The summed E-state index contributed by atoms with van der Waals surface area (Å²) in [5.74, 6) is -5.49. The lowest BCUT2D eigenvalue weighted by Crippen LogP contribution is -2.61. The average molecular weight is 837 g/mol. The normalized spacial score (nSPS) is 14.9. The SMILES string of the molecule is C[C@@H](O)[C@H](NC(=O)[C@H](CCCCN)NC(=O)[C@@H](Cc1c[nH]c2ccccc12)NC(=O)[C@H](Cc1ccc2ccccc2c1)NC(=O)[C@@H](N)CS)C(=O)N[C@@H](CS)C(=O)O. The van der Waals surface area contributed by atoms with Crippen molar-refractivity contribution in [3.63, 3.8) is 0 Å². The van der Waals surface area contributed by atoms with Crippen LogP contribution in [0.3, 0.4) is 0 Å². The highest BCUT2D eigenvalue weighted by molar-refractivity contribution is 7.80. The summed E-state index contributed by atoms with van der Waals surface area (Å²) >= 11 is 8.08. The maximum atomic E-state index is 14.3. The maximum absolute atomic E-state index is 14.3. The van der Waals surface area contributed by atoms with Gasteiger partial charge in [0.15, 0.2) is 0 Å². The quantitative estimate of drug-likeness (QED) is 0.0381. The Morgan fingerprint density at radius 2 is 1.31 bits per heavy atom. The highest BCUT2D eigenvalue weighted by Gasteiger charge is 2.34. The number of hydrogen-bond acceptors (Lipinski definition) is 11. The Balaban J connectivity index is 1.65. The first-order valence-electron chi connectivity index (χ1n) is 18.9. The van der Waals surface area contributed by atoms with Gasteiger partial charge in [-0.05, 0) is 60.7 Å². The van der Waals surface area contributed by atoms with E-state index in [4.69, 9.17) is 11.5 Å². The van der Waals surface area contributed by atoms with Crippen LogP contribution in [0.2, 0.25) is 0 Å². The van der Waals surface area contributed by atoms with E-state index in [9.17, 15) is 39.0 Å². The number of carboxylic acid groups (broad SMARTS) is 1. The van der Waals surface area contributed by atoms with Crippen LogP contribution in [0.25, 0.3) is 21.7 Å². The molecule has 16 nitrogen and oxygen atoms in total. The van der Waals surface area contributed by atoms with Gasteiger partial charge in [0, 0.05) is 41.4 Å². The molecular weight excluding hydrogens is 785 g/mol. The summed E-state index contributed by atoms with van der Waals surface area (Å²) in [4.78, 5) is 83.2. The molecule has 1 heterocycles. The van der Waals surface area contributed by atoms with Gasteiger partial charge in [-0.25, -0.2) is 4.79 Å². The number of benzene rings is 3. The molecule has 0 aliphatic carbocycles. The number of rotatable bonds is 22. The second kappa shape index (κ2) is 22.1. The number of nitrogens with two attached hydrogens (primary N) is 2. The lowest BCUT2D eigenvalue weighted by Gasteiger charge is -2.28. The fourth-order valence-corrected chi connectivity index (χ4v) is 6.73. The summed E-state index contributed by atoms with van der Waals surface area (Å²) in [5.41, 5.74) is 13.9. The predicted octanol–water partition coefficient (Wildman–Crippen LogP) is 0.312. The molecule has 3 aromatic carbocycles. The van der Waals surface area contributed by atoms with Crippen LogP contribution in [0.15, 0.2) is 72.9 Å². The zero-order chi connectivity index (χ0) is 42.4. The topological polar surface area (TPSA) is 271 Å². The summed E-state index contributed by atoms with van der Waals surface area (Å²) in [5, 5.41) is 35.4. The summed E-state index contributed by atoms with van der Waals surface area (Å²) in [6, 6.07) is 12.9. The van der Waals surface area contributed by atoms with Gasteiger partial charge in [-0.3, -0.25) is 24.0 Å². The van der Waals surface area contributed by atoms with Gasteiger partial charge in [0.05, 0.1) is 12.1 Å². The number of aromatic amines is 1. The lowest BCUT2D eigenvalue weighted by atomic mass is 9.99. The van der Waals surface area contributed by atoms with Crippen molar-refractivity contribution in [3.05, 3.63) is 84.1 Å². The third kappa shape index (κ3) is 12.7. The van der Waals surface area contributed by atoms with Gasteiger partial charge in [-0.2, -0.15) is 25.3 Å². The lowest BCUT2D eigenvalue weighted by molar-refractivity contribution is -0.142. The molecule has 7 atom stereocenters. The molecule has 0 aliphatic rings. The maximum Gasteiger partial charge on any atom is 0.327 e. The number of H-pyrrole nitrogens is 1. The van der Waals surface area contributed by atoms with Crippen molar-refractivity contribution in [2.24, 2.45) is 11.5 Å². The van der Waals surface area contributed by atoms with E-state index in [0.717, 1.165) is 27.2 Å². The van der Waals surface area contributed by atoms with Crippen molar-refractivity contribution >= 4 is 82.4 Å². The molecule has 0 saturated carbocycles. The second-order valence-electron chi connectivity index (χ2n) is 14.0. The van der Waals surface area contributed by atoms with Crippen LogP contribution in [0.1, 0.15) is 37.3 Å². The Morgan fingerprint density at radius 3 is 1.97 bits per heavy atom. The number of amides is 5. The number of unbranched alkanes of at least 4 members (excludes halogenated alkanes) is 1. The third-order valence-corrected chi connectivity index (χ3v) is 10.4. The van der Waals surface area contributed by atoms with Gasteiger partial charge in [0.1, 0.15) is 30.2 Å². The van der Waals surface area contributed by atoms with E-state index < -0.39 is 77.9 Å². The molecule has 18 heteroatoms. The number of aliphatic carboxylic acids is 1. The fraction of sp³-hybridized carbons (Fsp3) is 0.400. The van der Waals surface area contributed by atoms with Crippen LogP contribution in [0.4, 0.5) is 0 Å². The standard InChI is InChI=1S/C40H52N8O8S2/c1-22(49)34(39(54)47-33(21-58)40(55)56)48-36(51)30(12-6-7-15-41)44-38(53)32(18-26-19-43-29-11-5-4-10-27(26)29)46-37(52)31(45-35(50)28(42)20-57)17-23-13-14-24-8-2-3-9-25(24)16-23/h2-5,8-11,13-14,16,19,22,28,30-34,43,49,57-58H,6-7,12,15,17-18,20-21,41-42H2,1H3,(H,44,53)(H,45,50)(H,46,52)(H,47,54)(H,48,51)(H,55,56)/t22-,28+,30+,31+,32-,33+,34+/m1/s1. The van der Waals surface area contributed by atoms with Crippen molar-refractivity contribution in [3.8, 4) is 0 Å². The molecule has 1 aromatic heterocycles. The molecule has 4 aromatic rings. The Morgan fingerprint density at radius 1 is 0.707 bits per heavy atom. The van der Waals surface area contributed by atoms with Crippen LogP contribution < -0.4 is 38.1 Å². The highest BCUT2D eigenvalue weighted by atomic mass is 32.1. The zero-order valence-corrected chi connectivity index (χ0v) is 33.8. The second-order valence-corrected chi connectivity index (χ2v) is 14.7. The van der Waals surface area contributed by atoms with Gasteiger partial charge < -0.3 is 53.2 Å². The number of aliphatic hydroxyl groups is 1. The molecule has 58 heavy (non-hydrogen) atoms. The number of para-hydroxylation sites is 1. The van der Waals surface area contributed by atoms with Crippen LogP contribution in [-0.4, -0.2) is 111 Å². The number of aliphatic hydroxyl groups excluding tert-OH is 1. The summed E-state index contributed by atoms with van der Waals surface area (Å²) in [6.07, 6.45) is 1.19. The van der Waals surface area contributed by atoms with E-state index in [-0.39, 0.29) is 30.8 Å². The van der Waals surface area contributed by atoms with E-state index in [0.29, 0.717) is 24.9 Å². The number of carboxylic acids is 1. The van der Waals surface area contributed by atoms with E-state index in [1.807, 2.05) is 66.7 Å². The van der Waals surface area contributed by atoms with E-state index in [1.54, 1.807) is 6.20 Å². The number of carbonyl (C=O) groups excluding carboxylic acids is 5. The molecule has 0 saturated heterocycles. The first-order valence-corrected chi connectivity index (χ1v) is 20.2. The Hall–Kier alpha value is -5.14. The minimum atomic E-state index is -1.59. The Labute approximate surface area is 346 Å². The molecular formula is C40H52N8O8S2. The monoisotopic (exact) mass is 836 g/mol. The van der Waals surface area contributed by atoms with Crippen LogP contribution in [-0.2, 0) is 41.6 Å². The Bertz CT molecular complexity index is 2060. The van der Waals surface area contributed by atoms with Gasteiger partial charge in [-0.1, -0.05) is 60.7 Å². The van der Waals surface area contributed by atoms with Crippen molar-refractivity contribution < 1.29 is 39.0 Å². The first-order chi connectivity index (χ1) is 27.8. The Kier molecular flexibility index (Phi) is 17.4. The molecule has 12 N–H and O–H groups in total. The van der Waals surface area contributed by atoms with E-state index >= 15 is 0 Å². The van der Waals surface area contributed by atoms with Gasteiger partial charge in [0.25, 0.3) is 0 Å². The van der Waals surface area contributed by atoms with Gasteiger partial charge >= 0.3 is 5.97 Å². The molecule has 0 spiro atoms. The molecule has 0 radical (unpaired) electrons.